The Morgan fingerprint density at radius 3 is 2.88 bits per heavy atom. The summed E-state index contributed by atoms with van der Waals surface area (Å²) in [5, 5.41) is 3.25. The van der Waals surface area contributed by atoms with E-state index in [1.165, 1.54) is 6.42 Å². The molecule has 1 aliphatic rings. The maximum Gasteiger partial charge on any atom is 0.222 e. The van der Waals surface area contributed by atoms with E-state index in [-0.39, 0.29) is 0 Å². The van der Waals surface area contributed by atoms with Gasteiger partial charge in [0.25, 0.3) is 0 Å². The Kier molecular flexibility index (Phi) is 3.78. The highest BCUT2D eigenvalue weighted by atomic mass is 15.3. The van der Waals surface area contributed by atoms with Crippen LogP contribution >= 0.6 is 0 Å². The maximum atomic E-state index is 5.75. The van der Waals surface area contributed by atoms with Crippen molar-refractivity contribution >= 4 is 11.8 Å². The Hall–Kier alpha value is -1.36. The molecule has 0 aromatic carbocycles. The summed E-state index contributed by atoms with van der Waals surface area (Å²) in [6.45, 7) is 4.18. The zero-order valence-electron chi connectivity index (χ0n) is 10.6. The maximum absolute atomic E-state index is 5.75. The fraction of sp³-hybridized carbons (Fsp3) is 0.667. The highest BCUT2D eigenvalue weighted by Crippen LogP contribution is 2.20. The number of anilines is 2. The topological polar surface area (TPSA) is 67.1 Å². The van der Waals surface area contributed by atoms with Crippen molar-refractivity contribution < 1.29 is 0 Å². The molecular weight excluding hydrogens is 214 g/mol. The van der Waals surface area contributed by atoms with E-state index in [0.717, 1.165) is 37.4 Å². The van der Waals surface area contributed by atoms with E-state index in [1.54, 1.807) is 0 Å². The van der Waals surface area contributed by atoms with Gasteiger partial charge < -0.3 is 16.0 Å². The smallest absolute Gasteiger partial charge is 0.222 e. The van der Waals surface area contributed by atoms with Crippen LogP contribution in [0.5, 0.6) is 0 Å². The summed E-state index contributed by atoms with van der Waals surface area (Å²) in [4.78, 5) is 10.8. The minimum absolute atomic E-state index is 0.390. The molecule has 5 heteroatoms. The molecule has 0 saturated carbocycles. The third-order valence-corrected chi connectivity index (χ3v) is 3.18. The molecular formula is C12H21N5. The second kappa shape index (κ2) is 5.31. The lowest BCUT2D eigenvalue weighted by Crippen LogP contribution is -2.57. The van der Waals surface area contributed by atoms with E-state index < -0.39 is 0 Å². The Morgan fingerprint density at radius 2 is 2.24 bits per heavy atom. The van der Waals surface area contributed by atoms with Crippen molar-refractivity contribution in [2.45, 2.75) is 32.2 Å². The van der Waals surface area contributed by atoms with Crippen LogP contribution in [-0.4, -0.2) is 36.1 Å². The molecule has 1 fully saturated rings. The molecule has 1 saturated heterocycles. The predicted molar refractivity (Wildman–Crippen MR) is 70.1 cm³/mol. The monoisotopic (exact) mass is 235 g/mol. The third kappa shape index (κ3) is 2.85. The van der Waals surface area contributed by atoms with Crippen LogP contribution in [0.15, 0.2) is 6.07 Å². The number of nitrogens with one attached hydrogen (secondary N) is 1. The van der Waals surface area contributed by atoms with Gasteiger partial charge in [0.15, 0.2) is 0 Å². The summed E-state index contributed by atoms with van der Waals surface area (Å²) in [5.74, 6) is 1.36. The van der Waals surface area contributed by atoms with Gasteiger partial charge in [-0.05, 0) is 19.9 Å². The highest BCUT2D eigenvalue weighted by molar-refractivity contribution is 5.46. The molecule has 94 valence electrons. The van der Waals surface area contributed by atoms with Gasteiger partial charge in [-0.15, -0.1) is 0 Å². The van der Waals surface area contributed by atoms with E-state index in [2.05, 4.69) is 33.2 Å². The van der Waals surface area contributed by atoms with Crippen LogP contribution in [0.3, 0.4) is 0 Å². The average molecular weight is 235 g/mol. The molecule has 3 N–H and O–H groups in total. The van der Waals surface area contributed by atoms with E-state index in [1.807, 2.05) is 7.05 Å². The van der Waals surface area contributed by atoms with Crippen molar-refractivity contribution in [3.8, 4) is 0 Å². The molecule has 0 unspecified atom stereocenters. The van der Waals surface area contributed by atoms with Gasteiger partial charge >= 0.3 is 0 Å². The van der Waals surface area contributed by atoms with Crippen molar-refractivity contribution in [2.24, 2.45) is 0 Å². The van der Waals surface area contributed by atoms with Gasteiger partial charge in [-0.25, -0.2) is 4.98 Å². The van der Waals surface area contributed by atoms with Crippen molar-refractivity contribution in [3.05, 3.63) is 11.8 Å². The van der Waals surface area contributed by atoms with E-state index in [4.69, 9.17) is 5.73 Å². The van der Waals surface area contributed by atoms with E-state index in [0.29, 0.717) is 12.0 Å². The van der Waals surface area contributed by atoms with Gasteiger partial charge in [0.1, 0.15) is 5.82 Å². The number of likely N-dealkylation sites (N-methyl/N-ethyl adjacent to an activating group) is 1. The molecule has 0 radical (unpaired) electrons. The van der Waals surface area contributed by atoms with Gasteiger partial charge in [0, 0.05) is 30.9 Å². The van der Waals surface area contributed by atoms with Gasteiger partial charge in [-0.3, -0.25) is 0 Å². The summed E-state index contributed by atoms with van der Waals surface area (Å²) in [5.41, 5.74) is 6.81. The van der Waals surface area contributed by atoms with Crippen molar-refractivity contribution in [1.29, 1.82) is 0 Å². The van der Waals surface area contributed by atoms with Gasteiger partial charge in [0.2, 0.25) is 5.95 Å². The van der Waals surface area contributed by atoms with Gasteiger partial charge in [0.05, 0.1) is 0 Å². The molecule has 0 amide bonds. The molecule has 17 heavy (non-hydrogen) atoms. The largest absolute Gasteiger partial charge is 0.368 e. The number of hydrogen-bond donors (Lipinski definition) is 2. The van der Waals surface area contributed by atoms with Crippen molar-refractivity contribution in [3.63, 3.8) is 0 Å². The Bertz CT molecular complexity index is 373. The Balaban J connectivity index is 2.04. The highest BCUT2D eigenvalue weighted by Gasteiger charge is 2.26. The van der Waals surface area contributed by atoms with Crippen LogP contribution in [0.1, 0.15) is 25.5 Å². The first-order valence-electron chi connectivity index (χ1n) is 6.28. The Labute approximate surface area is 102 Å². The second-order valence-electron chi connectivity index (χ2n) is 4.57. The third-order valence-electron chi connectivity index (χ3n) is 3.18. The number of nitrogens with zero attached hydrogens (tertiary/aromatic N) is 3. The quantitative estimate of drug-likeness (QED) is 0.790. The molecule has 1 aromatic heterocycles. The molecule has 1 aromatic rings. The number of aryl methyl sites for hydroxylation is 1. The summed E-state index contributed by atoms with van der Waals surface area (Å²) >= 11 is 0. The van der Waals surface area contributed by atoms with Crippen LogP contribution in [0, 0.1) is 0 Å². The van der Waals surface area contributed by atoms with Crippen molar-refractivity contribution in [1.82, 2.24) is 15.3 Å². The standard InChI is InChI=1S/C12H21N5/c1-3-4-5-9-6-11(16-12(13)15-9)17-7-10(8-17)14-2/h6,10,14H,3-5,7-8H2,1-2H3,(H2,13,15,16). The minimum atomic E-state index is 0.390. The first-order valence-corrected chi connectivity index (χ1v) is 6.28. The Morgan fingerprint density at radius 1 is 1.47 bits per heavy atom. The van der Waals surface area contributed by atoms with E-state index >= 15 is 0 Å². The van der Waals surface area contributed by atoms with Crippen LogP contribution < -0.4 is 16.0 Å². The number of hydrogen-bond acceptors (Lipinski definition) is 5. The SMILES string of the molecule is CCCCc1cc(N2CC(NC)C2)nc(N)n1. The number of rotatable bonds is 5. The van der Waals surface area contributed by atoms with Crippen LogP contribution in [0.4, 0.5) is 11.8 Å². The molecule has 0 aliphatic carbocycles. The second-order valence-corrected chi connectivity index (χ2v) is 4.57. The van der Waals surface area contributed by atoms with Gasteiger partial charge in [-0.2, -0.15) is 4.98 Å². The lowest BCUT2D eigenvalue weighted by atomic mass is 10.1. The predicted octanol–water partition coefficient (Wildman–Crippen LogP) is 0.809. The number of nitrogen functional groups attached to an aromatic ring is 1. The van der Waals surface area contributed by atoms with Crippen LogP contribution in [0.2, 0.25) is 0 Å². The van der Waals surface area contributed by atoms with Crippen LogP contribution in [0.25, 0.3) is 0 Å². The first kappa shape index (κ1) is 12.1. The zero-order chi connectivity index (χ0) is 12.3. The fourth-order valence-electron chi connectivity index (χ4n) is 2.00. The number of unbranched alkanes of at least 4 members (excludes halogenated alkanes) is 1. The lowest BCUT2D eigenvalue weighted by molar-refractivity contribution is 0.447. The minimum Gasteiger partial charge on any atom is -0.368 e. The molecule has 0 bridgehead atoms. The normalized spacial score (nSPS) is 16.0. The zero-order valence-corrected chi connectivity index (χ0v) is 10.6. The molecule has 5 nitrogen and oxygen atoms in total. The number of aromatic nitrogens is 2. The molecule has 2 rings (SSSR count). The number of nitrogens with two attached hydrogens (primary N) is 1. The summed E-state index contributed by atoms with van der Waals surface area (Å²) < 4.78 is 0. The molecule has 0 atom stereocenters. The van der Waals surface area contributed by atoms with Gasteiger partial charge in [-0.1, -0.05) is 13.3 Å². The van der Waals surface area contributed by atoms with E-state index in [9.17, 15) is 0 Å². The first-order chi connectivity index (χ1) is 8.22. The summed E-state index contributed by atoms with van der Waals surface area (Å²) in [6.07, 6.45) is 3.30. The summed E-state index contributed by atoms with van der Waals surface area (Å²) in [7, 11) is 1.99. The lowest BCUT2D eigenvalue weighted by Gasteiger charge is -2.40. The van der Waals surface area contributed by atoms with Crippen LogP contribution in [-0.2, 0) is 6.42 Å². The fourth-order valence-corrected chi connectivity index (χ4v) is 2.00. The summed E-state index contributed by atoms with van der Waals surface area (Å²) in [6, 6.07) is 2.64. The van der Waals surface area contributed by atoms with Crippen molar-refractivity contribution in [2.75, 3.05) is 30.8 Å². The molecule has 0 spiro atoms. The molecule has 1 aliphatic heterocycles. The molecule has 2 heterocycles. The average Bonchev–Trinajstić information content (AvgIpc) is 2.24.